The third kappa shape index (κ3) is 3.78. The molecular formula is C25H29N3O3. The summed E-state index contributed by atoms with van der Waals surface area (Å²) < 4.78 is 5.55. The van der Waals surface area contributed by atoms with Crippen molar-refractivity contribution < 1.29 is 14.3 Å². The van der Waals surface area contributed by atoms with Gasteiger partial charge >= 0.3 is 0 Å². The van der Waals surface area contributed by atoms with Crippen LogP contribution in [0, 0.1) is 5.92 Å². The maximum atomic E-state index is 13.8. The highest BCUT2D eigenvalue weighted by Crippen LogP contribution is 2.39. The van der Waals surface area contributed by atoms with Gasteiger partial charge in [0, 0.05) is 38.4 Å². The van der Waals surface area contributed by atoms with Gasteiger partial charge in [-0.15, -0.1) is 0 Å². The Labute approximate surface area is 183 Å². The van der Waals surface area contributed by atoms with Crippen LogP contribution < -0.4 is 14.5 Å². The van der Waals surface area contributed by atoms with Crippen LogP contribution in [0.25, 0.3) is 5.57 Å². The normalized spacial score (nSPS) is 19.3. The van der Waals surface area contributed by atoms with E-state index in [-0.39, 0.29) is 11.8 Å². The molecule has 2 aliphatic heterocycles. The molecule has 0 aromatic heterocycles. The highest BCUT2D eigenvalue weighted by molar-refractivity contribution is 6.45. The van der Waals surface area contributed by atoms with Crippen molar-refractivity contribution in [2.75, 3.05) is 44.1 Å². The van der Waals surface area contributed by atoms with Crippen LogP contribution in [0.3, 0.4) is 0 Å². The molecule has 162 valence electrons. The van der Waals surface area contributed by atoms with Gasteiger partial charge in [0.15, 0.2) is 0 Å². The Morgan fingerprint density at radius 1 is 1.03 bits per heavy atom. The Hall–Kier alpha value is -3.28. The maximum absolute atomic E-state index is 13.8. The van der Waals surface area contributed by atoms with Gasteiger partial charge in [0.05, 0.1) is 18.4 Å². The number of nitrogens with zero attached hydrogens (tertiary/aromatic N) is 3. The van der Waals surface area contributed by atoms with Crippen molar-refractivity contribution in [2.24, 2.45) is 5.92 Å². The van der Waals surface area contributed by atoms with E-state index in [4.69, 9.17) is 4.74 Å². The fraction of sp³-hybridized carbons (Fsp3) is 0.360. The van der Waals surface area contributed by atoms with Crippen molar-refractivity contribution in [3.05, 3.63) is 59.8 Å². The number of benzene rings is 2. The molecule has 2 aliphatic rings. The molecule has 0 radical (unpaired) electrons. The molecule has 31 heavy (non-hydrogen) atoms. The molecule has 2 aromatic carbocycles. The van der Waals surface area contributed by atoms with Crippen molar-refractivity contribution >= 4 is 28.8 Å². The Morgan fingerprint density at radius 3 is 2.52 bits per heavy atom. The van der Waals surface area contributed by atoms with Crippen molar-refractivity contribution in [3.8, 4) is 5.75 Å². The maximum Gasteiger partial charge on any atom is 0.282 e. The van der Waals surface area contributed by atoms with Gasteiger partial charge in [-0.05, 0) is 43.0 Å². The number of para-hydroxylation sites is 1. The molecule has 1 saturated heterocycles. The molecule has 0 aliphatic carbocycles. The highest BCUT2D eigenvalue weighted by atomic mass is 16.5. The Balaban J connectivity index is 1.85. The standard InChI is InChI=1S/C25H29N3O3/c1-17-9-8-14-27(16-17)23-22(20-12-5-6-13-21(20)31-4)24(29)28(25(23)30)19-11-7-10-18(15-19)26(2)3/h5-7,10-13,15,17H,8-9,14,16H2,1-4H3. The van der Waals surface area contributed by atoms with Gasteiger partial charge in [-0.2, -0.15) is 0 Å². The lowest BCUT2D eigenvalue weighted by Crippen LogP contribution is -2.39. The van der Waals surface area contributed by atoms with Crippen LogP contribution in [-0.4, -0.2) is 51.0 Å². The van der Waals surface area contributed by atoms with Crippen molar-refractivity contribution in [1.29, 1.82) is 0 Å². The smallest absolute Gasteiger partial charge is 0.282 e. The average molecular weight is 420 g/mol. The zero-order valence-electron chi connectivity index (χ0n) is 18.6. The SMILES string of the molecule is COc1ccccc1C1=C(N2CCCC(C)C2)C(=O)N(c2cccc(N(C)C)c2)C1=O. The number of amides is 2. The van der Waals surface area contributed by atoms with Crippen LogP contribution in [0.1, 0.15) is 25.3 Å². The Kier molecular flexibility index (Phi) is 5.72. The van der Waals surface area contributed by atoms with Crippen LogP contribution in [0.5, 0.6) is 5.75 Å². The number of likely N-dealkylation sites (tertiary alicyclic amines) is 1. The predicted molar refractivity (Wildman–Crippen MR) is 123 cm³/mol. The number of imide groups is 1. The van der Waals surface area contributed by atoms with Gasteiger partial charge in [0.1, 0.15) is 11.4 Å². The average Bonchev–Trinajstić information content (AvgIpc) is 3.03. The minimum Gasteiger partial charge on any atom is -0.496 e. The summed E-state index contributed by atoms with van der Waals surface area (Å²) in [6.45, 7) is 3.72. The molecule has 6 heteroatoms. The van der Waals surface area contributed by atoms with Crippen LogP contribution in [-0.2, 0) is 9.59 Å². The first-order chi connectivity index (χ1) is 14.9. The predicted octanol–water partition coefficient (Wildman–Crippen LogP) is 3.78. The second-order valence-electron chi connectivity index (χ2n) is 8.48. The molecule has 0 spiro atoms. The van der Waals surface area contributed by atoms with E-state index < -0.39 is 0 Å². The molecule has 2 aromatic rings. The van der Waals surface area contributed by atoms with E-state index in [0.717, 1.165) is 31.6 Å². The zero-order valence-corrected chi connectivity index (χ0v) is 18.6. The lowest BCUT2D eigenvalue weighted by molar-refractivity contribution is -0.120. The first kappa shape index (κ1) is 21.0. The van der Waals surface area contributed by atoms with Crippen molar-refractivity contribution in [2.45, 2.75) is 19.8 Å². The summed E-state index contributed by atoms with van der Waals surface area (Å²) in [5, 5.41) is 0. The monoisotopic (exact) mass is 419 g/mol. The topological polar surface area (TPSA) is 53.1 Å². The van der Waals surface area contributed by atoms with Gasteiger partial charge < -0.3 is 14.5 Å². The lowest BCUT2D eigenvalue weighted by atomic mass is 9.97. The van der Waals surface area contributed by atoms with Crippen LogP contribution >= 0.6 is 0 Å². The van der Waals surface area contributed by atoms with E-state index >= 15 is 0 Å². The molecule has 0 saturated carbocycles. The summed E-state index contributed by atoms with van der Waals surface area (Å²) in [6, 6.07) is 14.9. The minimum absolute atomic E-state index is 0.268. The summed E-state index contributed by atoms with van der Waals surface area (Å²) in [5.41, 5.74) is 3.07. The summed E-state index contributed by atoms with van der Waals surface area (Å²) in [5.74, 6) is 0.480. The quantitative estimate of drug-likeness (QED) is 0.691. The number of piperidine rings is 1. The molecular weight excluding hydrogens is 390 g/mol. The number of hydrogen-bond acceptors (Lipinski definition) is 5. The number of carbonyl (C=O) groups excluding carboxylic acids is 2. The Morgan fingerprint density at radius 2 is 1.81 bits per heavy atom. The molecule has 1 fully saturated rings. The number of anilines is 2. The summed E-state index contributed by atoms with van der Waals surface area (Å²) in [7, 11) is 5.46. The number of rotatable bonds is 5. The Bertz CT molecular complexity index is 1040. The summed E-state index contributed by atoms with van der Waals surface area (Å²) >= 11 is 0. The first-order valence-corrected chi connectivity index (χ1v) is 10.7. The molecule has 2 amide bonds. The fourth-order valence-corrected chi connectivity index (χ4v) is 4.44. The third-order valence-corrected chi connectivity index (χ3v) is 6.01. The number of carbonyl (C=O) groups is 2. The van der Waals surface area contributed by atoms with Gasteiger partial charge in [-0.1, -0.05) is 31.2 Å². The second-order valence-corrected chi connectivity index (χ2v) is 8.48. The highest BCUT2D eigenvalue weighted by Gasteiger charge is 2.44. The lowest BCUT2D eigenvalue weighted by Gasteiger charge is -2.33. The van der Waals surface area contributed by atoms with Crippen molar-refractivity contribution in [1.82, 2.24) is 4.90 Å². The van der Waals surface area contributed by atoms with Gasteiger partial charge in [-0.3, -0.25) is 9.59 Å². The molecule has 1 atom stereocenters. The van der Waals surface area contributed by atoms with Gasteiger partial charge in [0.2, 0.25) is 0 Å². The zero-order chi connectivity index (χ0) is 22.1. The van der Waals surface area contributed by atoms with E-state index in [2.05, 4.69) is 11.8 Å². The summed E-state index contributed by atoms with van der Waals surface area (Å²) in [4.78, 5) is 32.8. The summed E-state index contributed by atoms with van der Waals surface area (Å²) in [6.07, 6.45) is 2.13. The molecule has 6 nitrogen and oxygen atoms in total. The van der Waals surface area contributed by atoms with E-state index in [9.17, 15) is 9.59 Å². The first-order valence-electron chi connectivity index (χ1n) is 10.7. The third-order valence-electron chi connectivity index (χ3n) is 6.01. The van der Waals surface area contributed by atoms with Crippen molar-refractivity contribution in [3.63, 3.8) is 0 Å². The molecule has 1 unspecified atom stereocenters. The van der Waals surface area contributed by atoms with E-state index in [1.165, 1.54) is 4.90 Å². The van der Waals surface area contributed by atoms with Gasteiger partial charge in [-0.25, -0.2) is 4.90 Å². The number of methoxy groups -OCH3 is 1. The number of hydrogen-bond donors (Lipinski definition) is 0. The molecule has 2 heterocycles. The van der Waals surface area contributed by atoms with Crippen LogP contribution in [0.4, 0.5) is 11.4 Å². The fourth-order valence-electron chi connectivity index (χ4n) is 4.44. The molecule has 0 bridgehead atoms. The second kappa shape index (κ2) is 8.46. The minimum atomic E-state index is -0.307. The molecule has 0 N–H and O–H groups in total. The molecule has 4 rings (SSSR count). The van der Waals surface area contributed by atoms with Crippen LogP contribution in [0.2, 0.25) is 0 Å². The van der Waals surface area contributed by atoms with Crippen LogP contribution in [0.15, 0.2) is 54.2 Å². The van der Waals surface area contributed by atoms with Gasteiger partial charge in [0.25, 0.3) is 11.8 Å². The van der Waals surface area contributed by atoms with E-state index in [1.807, 2.05) is 67.5 Å². The van der Waals surface area contributed by atoms with E-state index in [1.54, 1.807) is 7.11 Å². The number of ether oxygens (including phenoxy) is 1. The van der Waals surface area contributed by atoms with E-state index in [0.29, 0.717) is 34.2 Å². The largest absolute Gasteiger partial charge is 0.496 e.